The first-order valence-corrected chi connectivity index (χ1v) is 7.32. The molecule has 1 aliphatic rings. The molecule has 0 spiro atoms. The second kappa shape index (κ2) is 6.29. The highest BCUT2D eigenvalue weighted by Crippen LogP contribution is 2.19. The van der Waals surface area contributed by atoms with Gasteiger partial charge in [-0.1, -0.05) is 54.1 Å². The number of hydrogen-bond donors (Lipinski definition) is 1. The second-order valence-corrected chi connectivity index (χ2v) is 5.51. The van der Waals surface area contributed by atoms with E-state index in [0.717, 1.165) is 5.56 Å². The molecule has 0 fully saturated rings. The first kappa shape index (κ1) is 14.1. The number of hydrogen-bond acceptors (Lipinski definition) is 3. The summed E-state index contributed by atoms with van der Waals surface area (Å²) in [5.74, 6) is -0.232. The molecule has 21 heavy (non-hydrogen) atoms. The van der Waals surface area contributed by atoms with Gasteiger partial charge < -0.3 is 10.1 Å². The Morgan fingerprint density at radius 3 is 2.67 bits per heavy atom. The van der Waals surface area contributed by atoms with E-state index < -0.39 is 0 Å². The van der Waals surface area contributed by atoms with E-state index in [-0.39, 0.29) is 18.6 Å². The van der Waals surface area contributed by atoms with E-state index in [0.29, 0.717) is 18.0 Å². The lowest BCUT2D eigenvalue weighted by molar-refractivity contribution is -0.147. The maximum absolute atomic E-state index is 12.2. The Labute approximate surface area is 128 Å². The van der Waals surface area contributed by atoms with Gasteiger partial charge in [0, 0.05) is 17.1 Å². The molecule has 2 aromatic rings. The summed E-state index contributed by atoms with van der Waals surface area (Å²) in [6, 6.07) is 15.2. The fraction of sp³-hybridized carbons (Fsp3) is 0.235. The third-order valence-corrected chi connectivity index (χ3v) is 4.06. The average molecular weight is 302 g/mol. The van der Waals surface area contributed by atoms with E-state index in [1.807, 2.05) is 30.3 Å². The molecule has 0 amide bonds. The van der Waals surface area contributed by atoms with E-state index in [4.69, 9.17) is 16.3 Å². The molecule has 3 nitrogen and oxygen atoms in total. The predicted molar refractivity (Wildman–Crippen MR) is 82.0 cm³/mol. The highest BCUT2D eigenvalue weighted by atomic mass is 35.5. The fourth-order valence-electron chi connectivity index (χ4n) is 2.49. The molecule has 4 heteroatoms. The molecular weight excluding hydrogens is 286 g/mol. The van der Waals surface area contributed by atoms with Gasteiger partial charge in [-0.05, 0) is 23.6 Å². The average Bonchev–Trinajstić information content (AvgIpc) is 2.53. The summed E-state index contributed by atoms with van der Waals surface area (Å²) < 4.78 is 5.38. The van der Waals surface area contributed by atoms with Gasteiger partial charge in [0.05, 0.1) is 0 Å². The van der Waals surface area contributed by atoms with Crippen molar-refractivity contribution in [1.82, 2.24) is 5.32 Å². The summed E-state index contributed by atoms with van der Waals surface area (Å²) in [6.07, 6.45) is 0.664. The van der Waals surface area contributed by atoms with Crippen molar-refractivity contribution >= 4 is 17.6 Å². The molecule has 0 aromatic heterocycles. The number of ether oxygens (including phenoxy) is 1. The molecule has 1 atom stereocenters. The lowest BCUT2D eigenvalue weighted by atomic mass is 9.96. The first-order chi connectivity index (χ1) is 10.2. The van der Waals surface area contributed by atoms with Crippen LogP contribution in [0, 0.1) is 0 Å². The summed E-state index contributed by atoms with van der Waals surface area (Å²) in [5, 5.41) is 3.84. The maximum atomic E-state index is 12.2. The van der Waals surface area contributed by atoms with Crippen LogP contribution in [0.3, 0.4) is 0 Å². The van der Waals surface area contributed by atoms with Crippen LogP contribution in [0.25, 0.3) is 0 Å². The van der Waals surface area contributed by atoms with Gasteiger partial charge >= 0.3 is 5.97 Å². The number of halogens is 1. The Morgan fingerprint density at radius 2 is 1.86 bits per heavy atom. The van der Waals surface area contributed by atoms with Crippen LogP contribution in [0.4, 0.5) is 0 Å². The van der Waals surface area contributed by atoms with E-state index >= 15 is 0 Å². The Hall–Kier alpha value is -1.84. The number of fused-ring (bicyclic) bond motifs is 1. The van der Waals surface area contributed by atoms with E-state index in [1.165, 1.54) is 11.1 Å². The Kier molecular flexibility index (Phi) is 4.23. The smallest absolute Gasteiger partial charge is 0.323 e. The zero-order valence-electron chi connectivity index (χ0n) is 11.5. The van der Waals surface area contributed by atoms with Crippen LogP contribution in [0.15, 0.2) is 48.5 Å². The molecule has 108 valence electrons. The van der Waals surface area contributed by atoms with Gasteiger partial charge in [0.25, 0.3) is 0 Å². The van der Waals surface area contributed by atoms with Crippen LogP contribution < -0.4 is 5.32 Å². The molecule has 2 aromatic carbocycles. The van der Waals surface area contributed by atoms with Gasteiger partial charge in [-0.15, -0.1) is 0 Å². The van der Waals surface area contributed by atoms with Gasteiger partial charge in [-0.2, -0.15) is 0 Å². The summed E-state index contributed by atoms with van der Waals surface area (Å²) >= 11 is 6.05. The van der Waals surface area contributed by atoms with Gasteiger partial charge in [-0.25, -0.2) is 0 Å². The van der Waals surface area contributed by atoms with Crippen molar-refractivity contribution in [2.75, 3.05) is 0 Å². The van der Waals surface area contributed by atoms with Crippen LogP contribution in [0.5, 0.6) is 0 Å². The quantitative estimate of drug-likeness (QED) is 0.885. The molecular formula is C17H16ClNO2. The van der Waals surface area contributed by atoms with Crippen molar-refractivity contribution in [3.8, 4) is 0 Å². The third-order valence-electron chi connectivity index (χ3n) is 3.69. The molecule has 1 aliphatic heterocycles. The van der Waals surface area contributed by atoms with Crippen molar-refractivity contribution in [2.45, 2.75) is 25.6 Å². The second-order valence-electron chi connectivity index (χ2n) is 5.11. The minimum absolute atomic E-state index is 0.207. The lowest BCUT2D eigenvalue weighted by Gasteiger charge is -2.24. The van der Waals surface area contributed by atoms with E-state index in [2.05, 4.69) is 17.4 Å². The number of carbonyl (C=O) groups excluding carboxylic acids is 1. The SMILES string of the molecule is O=C(OCc1ccccc1Cl)C1Cc2ccccc2CN1. The van der Waals surface area contributed by atoms with Crippen molar-refractivity contribution in [1.29, 1.82) is 0 Å². The van der Waals surface area contributed by atoms with E-state index in [1.54, 1.807) is 6.07 Å². The molecule has 1 heterocycles. The predicted octanol–water partition coefficient (Wildman–Crippen LogP) is 3.10. The molecule has 0 bridgehead atoms. The van der Waals surface area contributed by atoms with Crippen molar-refractivity contribution in [2.24, 2.45) is 0 Å². The highest BCUT2D eigenvalue weighted by Gasteiger charge is 2.25. The minimum atomic E-state index is -0.289. The fourth-order valence-corrected chi connectivity index (χ4v) is 2.68. The molecule has 0 aliphatic carbocycles. The summed E-state index contributed by atoms with van der Waals surface area (Å²) in [4.78, 5) is 12.2. The minimum Gasteiger partial charge on any atom is -0.460 e. The van der Waals surface area contributed by atoms with Crippen LogP contribution in [-0.4, -0.2) is 12.0 Å². The number of rotatable bonds is 3. The van der Waals surface area contributed by atoms with Crippen LogP contribution in [0.1, 0.15) is 16.7 Å². The molecule has 3 rings (SSSR count). The standard InChI is InChI=1S/C17H16ClNO2/c18-15-8-4-3-7-14(15)11-21-17(20)16-9-12-5-1-2-6-13(12)10-19-16/h1-8,16,19H,9-11H2. The van der Waals surface area contributed by atoms with Crippen LogP contribution in [-0.2, 0) is 29.1 Å². The van der Waals surface area contributed by atoms with Gasteiger partial charge in [-0.3, -0.25) is 4.79 Å². The molecule has 0 radical (unpaired) electrons. The van der Waals surface area contributed by atoms with Gasteiger partial charge in [0.1, 0.15) is 12.6 Å². The Morgan fingerprint density at radius 1 is 1.14 bits per heavy atom. The van der Waals surface area contributed by atoms with Crippen LogP contribution in [0.2, 0.25) is 5.02 Å². The largest absolute Gasteiger partial charge is 0.460 e. The summed E-state index contributed by atoms with van der Waals surface area (Å²) in [5.41, 5.74) is 3.27. The number of esters is 1. The molecule has 1 unspecified atom stereocenters. The van der Waals surface area contributed by atoms with Crippen molar-refractivity contribution in [3.05, 3.63) is 70.2 Å². The highest BCUT2D eigenvalue weighted by molar-refractivity contribution is 6.31. The van der Waals surface area contributed by atoms with Crippen molar-refractivity contribution < 1.29 is 9.53 Å². The monoisotopic (exact) mass is 301 g/mol. The number of carbonyl (C=O) groups is 1. The summed E-state index contributed by atoms with van der Waals surface area (Å²) in [7, 11) is 0. The van der Waals surface area contributed by atoms with E-state index in [9.17, 15) is 4.79 Å². The molecule has 0 saturated carbocycles. The number of benzene rings is 2. The third kappa shape index (κ3) is 3.26. The Bertz CT molecular complexity index is 657. The lowest BCUT2D eigenvalue weighted by Crippen LogP contribution is -2.42. The number of nitrogens with one attached hydrogen (secondary N) is 1. The zero-order chi connectivity index (χ0) is 14.7. The van der Waals surface area contributed by atoms with Crippen LogP contribution >= 0.6 is 11.6 Å². The topological polar surface area (TPSA) is 38.3 Å². The van der Waals surface area contributed by atoms with Crippen molar-refractivity contribution in [3.63, 3.8) is 0 Å². The molecule has 1 N–H and O–H groups in total. The van der Waals surface area contributed by atoms with Gasteiger partial charge in [0.2, 0.25) is 0 Å². The zero-order valence-corrected chi connectivity index (χ0v) is 12.3. The van der Waals surface area contributed by atoms with Gasteiger partial charge in [0.15, 0.2) is 0 Å². The maximum Gasteiger partial charge on any atom is 0.323 e. The Balaban J connectivity index is 1.61. The summed E-state index contributed by atoms with van der Waals surface area (Å²) in [6.45, 7) is 0.903. The normalized spacial score (nSPS) is 17.1. The molecule has 0 saturated heterocycles. The first-order valence-electron chi connectivity index (χ1n) is 6.94.